The van der Waals surface area contributed by atoms with Crippen LogP contribution < -0.4 is 4.90 Å². The molecule has 0 spiro atoms. The topological polar surface area (TPSA) is 3.24 Å². The molecule has 1 aliphatic carbocycles. The quantitative estimate of drug-likeness (QED) is 0.252. The van der Waals surface area contributed by atoms with Crippen LogP contribution in [0.3, 0.4) is 0 Å². The molecule has 38 heavy (non-hydrogen) atoms. The number of para-hydroxylation sites is 1. The summed E-state index contributed by atoms with van der Waals surface area (Å²) in [5.41, 5.74) is 15.2. The van der Waals surface area contributed by atoms with Crippen molar-refractivity contribution in [1.82, 2.24) is 0 Å². The largest absolute Gasteiger partial charge is 0.341 e. The zero-order valence-electron chi connectivity index (χ0n) is 22.6. The number of fused-ring (bicyclic) bond motifs is 2. The highest BCUT2D eigenvalue weighted by Crippen LogP contribution is 2.49. The Morgan fingerprint density at radius 2 is 1.63 bits per heavy atom. The van der Waals surface area contributed by atoms with Crippen molar-refractivity contribution < 1.29 is 0 Å². The summed E-state index contributed by atoms with van der Waals surface area (Å²) >= 11 is 2.06. The van der Waals surface area contributed by atoms with Gasteiger partial charge in [0, 0.05) is 29.2 Å². The summed E-state index contributed by atoms with van der Waals surface area (Å²) in [5, 5.41) is 0.380. The first-order chi connectivity index (χ1) is 18.6. The molecular formula is C36H35NS. The van der Waals surface area contributed by atoms with Gasteiger partial charge in [0.15, 0.2) is 0 Å². The minimum absolute atomic E-state index is 0.380. The highest BCUT2D eigenvalue weighted by Gasteiger charge is 2.28. The minimum atomic E-state index is 0.380. The van der Waals surface area contributed by atoms with Crippen LogP contribution in [0.25, 0.3) is 23.3 Å². The Morgan fingerprint density at radius 1 is 0.868 bits per heavy atom. The summed E-state index contributed by atoms with van der Waals surface area (Å²) in [4.78, 5) is 2.55. The second-order valence-electron chi connectivity index (χ2n) is 10.7. The van der Waals surface area contributed by atoms with E-state index in [1.165, 1.54) is 74.3 Å². The van der Waals surface area contributed by atoms with Crippen molar-refractivity contribution in [1.29, 1.82) is 0 Å². The number of rotatable bonds is 6. The van der Waals surface area contributed by atoms with E-state index in [-0.39, 0.29) is 0 Å². The molecule has 0 saturated heterocycles. The third-order valence-corrected chi connectivity index (χ3v) is 9.14. The molecule has 0 N–H and O–H groups in total. The van der Waals surface area contributed by atoms with Gasteiger partial charge < -0.3 is 4.90 Å². The summed E-state index contributed by atoms with van der Waals surface area (Å²) < 4.78 is 0. The Hall–Kier alpha value is -3.49. The van der Waals surface area contributed by atoms with Gasteiger partial charge in [-0.2, -0.15) is 0 Å². The number of nitrogens with zero attached hydrogens (tertiary/aromatic N) is 1. The lowest BCUT2D eigenvalue weighted by atomic mass is 9.95. The fourth-order valence-corrected chi connectivity index (χ4v) is 7.30. The zero-order valence-corrected chi connectivity index (χ0v) is 23.4. The first kappa shape index (κ1) is 24.8. The van der Waals surface area contributed by atoms with Crippen molar-refractivity contribution in [2.24, 2.45) is 0 Å². The number of aryl methyl sites for hydroxylation is 1. The third-order valence-electron chi connectivity index (χ3n) is 7.71. The van der Waals surface area contributed by atoms with Crippen molar-refractivity contribution in [3.05, 3.63) is 130 Å². The van der Waals surface area contributed by atoms with E-state index >= 15 is 0 Å². The Balaban J connectivity index is 1.32. The third kappa shape index (κ3) is 4.74. The Kier molecular flexibility index (Phi) is 7.00. The molecule has 1 atom stereocenters. The van der Waals surface area contributed by atoms with Crippen LogP contribution >= 0.6 is 11.8 Å². The van der Waals surface area contributed by atoms with E-state index in [2.05, 4.69) is 141 Å². The SMILES string of the molecule is CC(C)=Cc1c(CSC2C(C)=Cc3c2cccc3N2CCCc3ccccc32)cccc1-c1ccccc1. The standard InChI is InChI=1S/C36H35NS/c1-25(2)22-32-29(15-9-17-30(32)27-12-5-4-6-13-27)24-38-36-26(3)23-33-31(36)18-10-20-35(33)37-21-11-16-28-14-7-8-19-34(28)37/h4-10,12-15,17-20,22-23,36H,11,16,21,24H2,1-3H3. The lowest BCUT2D eigenvalue weighted by molar-refractivity contribution is 0.766. The molecule has 4 aromatic carbocycles. The van der Waals surface area contributed by atoms with Gasteiger partial charge in [0.25, 0.3) is 0 Å². The van der Waals surface area contributed by atoms with Crippen LogP contribution in [0.15, 0.2) is 102 Å². The van der Waals surface area contributed by atoms with E-state index in [9.17, 15) is 0 Å². The molecule has 1 heterocycles. The van der Waals surface area contributed by atoms with Crippen LogP contribution in [0, 0.1) is 0 Å². The predicted molar refractivity (Wildman–Crippen MR) is 167 cm³/mol. The van der Waals surface area contributed by atoms with Gasteiger partial charge in [-0.25, -0.2) is 0 Å². The number of thioether (sulfide) groups is 1. The predicted octanol–water partition coefficient (Wildman–Crippen LogP) is 10.3. The maximum absolute atomic E-state index is 2.55. The van der Waals surface area contributed by atoms with Crippen LogP contribution in [-0.2, 0) is 12.2 Å². The van der Waals surface area contributed by atoms with Gasteiger partial charge in [0.2, 0.25) is 0 Å². The molecule has 1 unspecified atom stereocenters. The van der Waals surface area contributed by atoms with Gasteiger partial charge in [0.05, 0.1) is 5.25 Å². The second-order valence-corrected chi connectivity index (χ2v) is 11.8. The van der Waals surface area contributed by atoms with Gasteiger partial charge in [0.1, 0.15) is 0 Å². The smallest absolute Gasteiger partial charge is 0.0517 e. The molecule has 2 aliphatic rings. The molecule has 0 aromatic heterocycles. The molecule has 1 aliphatic heterocycles. The Labute approximate surface area is 231 Å². The van der Waals surface area contributed by atoms with Crippen molar-refractivity contribution in [3.63, 3.8) is 0 Å². The summed E-state index contributed by atoms with van der Waals surface area (Å²) in [6.07, 6.45) is 7.17. The van der Waals surface area contributed by atoms with Gasteiger partial charge >= 0.3 is 0 Å². The lowest BCUT2D eigenvalue weighted by Gasteiger charge is -2.32. The van der Waals surface area contributed by atoms with Gasteiger partial charge in [-0.05, 0) is 79.1 Å². The fraction of sp³-hybridized carbons (Fsp3) is 0.222. The Morgan fingerprint density at radius 3 is 2.47 bits per heavy atom. The number of benzene rings is 4. The van der Waals surface area contributed by atoms with Crippen LogP contribution in [0.2, 0.25) is 0 Å². The molecule has 0 bridgehead atoms. The highest BCUT2D eigenvalue weighted by atomic mass is 32.2. The van der Waals surface area contributed by atoms with E-state index in [1.807, 2.05) is 0 Å². The van der Waals surface area contributed by atoms with Crippen LogP contribution in [0.5, 0.6) is 0 Å². The van der Waals surface area contributed by atoms with Crippen LogP contribution in [0.1, 0.15) is 60.3 Å². The number of allylic oxidation sites excluding steroid dienone is 1. The molecule has 6 rings (SSSR count). The van der Waals surface area contributed by atoms with Crippen LogP contribution in [0.4, 0.5) is 11.4 Å². The maximum Gasteiger partial charge on any atom is 0.0517 e. The molecule has 2 heteroatoms. The normalized spacial score (nSPS) is 16.0. The first-order valence-corrected chi connectivity index (χ1v) is 14.8. The maximum atomic E-state index is 2.55. The summed E-state index contributed by atoms with van der Waals surface area (Å²) in [6, 6.07) is 33.4. The molecule has 0 fully saturated rings. The second kappa shape index (κ2) is 10.7. The first-order valence-electron chi connectivity index (χ1n) is 13.7. The molecule has 0 radical (unpaired) electrons. The molecule has 4 aromatic rings. The fourth-order valence-electron chi connectivity index (χ4n) is 5.99. The molecule has 0 saturated carbocycles. The van der Waals surface area contributed by atoms with E-state index in [4.69, 9.17) is 0 Å². The average Bonchev–Trinajstić information content (AvgIpc) is 3.27. The molecular weight excluding hydrogens is 478 g/mol. The van der Waals surface area contributed by atoms with Gasteiger partial charge in [-0.3, -0.25) is 0 Å². The summed E-state index contributed by atoms with van der Waals surface area (Å²) in [7, 11) is 0. The van der Waals surface area contributed by atoms with Crippen LogP contribution in [-0.4, -0.2) is 6.54 Å². The molecule has 0 amide bonds. The minimum Gasteiger partial charge on any atom is -0.341 e. The van der Waals surface area contributed by atoms with E-state index < -0.39 is 0 Å². The molecule has 1 nitrogen and oxygen atoms in total. The van der Waals surface area contributed by atoms with Crippen molar-refractivity contribution in [3.8, 4) is 11.1 Å². The lowest BCUT2D eigenvalue weighted by Crippen LogP contribution is -2.25. The summed E-state index contributed by atoms with van der Waals surface area (Å²) in [6.45, 7) is 7.78. The highest BCUT2D eigenvalue weighted by molar-refractivity contribution is 7.99. The van der Waals surface area contributed by atoms with Gasteiger partial charge in [-0.1, -0.05) is 102 Å². The zero-order chi connectivity index (χ0) is 26.1. The van der Waals surface area contributed by atoms with E-state index in [0.717, 1.165) is 12.3 Å². The number of anilines is 2. The average molecular weight is 514 g/mol. The van der Waals surface area contributed by atoms with Crippen molar-refractivity contribution in [2.45, 2.75) is 44.6 Å². The van der Waals surface area contributed by atoms with Crippen molar-refractivity contribution >= 4 is 35.3 Å². The van der Waals surface area contributed by atoms with E-state index in [1.54, 1.807) is 0 Å². The number of hydrogen-bond acceptors (Lipinski definition) is 2. The molecule has 190 valence electrons. The summed E-state index contributed by atoms with van der Waals surface area (Å²) in [5.74, 6) is 0.978. The van der Waals surface area contributed by atoms with Gasteiger partial charge in [-0.15, -0.1) is 11.8 Å². The number of hydrogen-bond donors (Lipinski definition) is 0. The van der Waals surface area contributed by atoms with Crippen molar-refractivity contribution in [2.75, 3.05) is 11.4 Å². The monoisotopic (exact) mass is 513 g/mol. The van der Waals surface area contributed by atoms with E-state index in [0.29, 0.717) is 5.25 Å². The Bertz CT molecular complexity index is 1520.